The Bertz CT molecular complexity index is 363. The van der Waals surface area contributed by atoms with Gasteiger partial charge in [0, 0.05) is 11.1 Å². The fourth-order valence-corrected chi connectivity index (χ4v) is 1.99. The number of aliphatic hydroxyl groups is 1. The second kappa shape index (κ2) is 2.62. The van der Waals surface area contributed by atoms with E-state index < -0.39 is 0 Å². The Hall–Kier alpha value is -1.25. The first-order valence-electron chi connectivity index (χ1n) is 4.87. The Labute approximate surface area is 83.5 Å². The Morgan fingerprint density at radius 3 is 2.86 bits per heavy atom. The van der Waals surface area contributed by atoms with Gasteiger partial charge in [0.15, 0.2) is 0 Å². The van der Waals surface area contributed by atoms with Crippen molar-refractivity contribution in [2.24, 2.45) is 11.3 Å². The number of carbonyl (C=O) groups is 1. The summed E-state index contributed by atoms with van der Waals surface area (Å²) < 4.78 is 0. The van der Waals surface area contributed by atoms with Crippen LogP contribution in [0.1, 0.15) is 27.2 Å². The fraction of sp³-hybridized carbons (Fsp3) is 0.545. The van der Waals surface area contributed by atoms with Gasteiger partial charge in [0.2, 0.25) is 5.91 Å². The zero-order valence-corrected chi connectivity index (χ0v) is 8.72. The molecule has 0 aromatic heterocycles. The van der Waals surface area contributed by atoms with Gasteiger partial charge in [-0.1, -0.05) is 13.8 Å². The van der Waals surface area contributed by atoms with Gasteiger partial charge in [-0.2, -0.15) is 0 Å². The molecule has 0 radical (unpaired) electrons. The Morgan fingerprint density at radius 1 is 1.57 bits per heavy atom. The summed E-state index contributed by atoms with van der Waals surface area (Å²) in [5.41, 5.74) is 1.69. The van der Waals surface area contributed by atoms with Crippen LogP contribution in [-0.4, -0.2) is 11.0 Å². The third-order valence-corrected chi connectivity index (χ3v) is 3.13. The molecule has 1 unspecified atom stereocenters. The van der Waals surface area contributed by atoms with Crippen molar-refractivity contribution in [1.29, 1.82) is 0 Å². The maximum atomic E-state index is 11.4. The van der Waals surface area contributed by atoms with Crippen molar-refractivity contribution in [1.82, 2.24) is 5.32 Å². The zero-order valence-electron chi connectivity index (χ0n) is 8.72. The number of hydrogen-bond donors (Lipinski definition) is 2. The molecule has 2 N–H and O–H groups in total. The van der Waals surface area contributed by atoms with E-state index >= 15 is 0 Å². The summed E-state index contributed by atoms with van der Waals surface area (Å²) in [6.07, 6.45) is 2.44. The van der Waals surface area contributed by atoms with Crippen molar-refractivity contribution in [3.63, 3.8) is 0 Å². The molecule has 0 fully saturated rings. The van der Waals surface area contributed by atoms with Crippen LogP contribution in [0.2, 0.25) is 0 Å². The van der Waals surface area contributed by atoms with Crippen molar-refractivity contribution in [3.05, 3.63) is 23.1 Å². The first-order valence-corrected chi connectivity index (χ1v) is 4.87. The minimum atomic E-state index is -0.237. The smallest absolute Gasteiger partial charge is 0.231 e. The average molecular weight is 193 g/mol. The summed E-state index contributed by atoms with van der Waals surface area (Å²) >= 11 is 0. The van der Waals surface area contributed by atoms with Gasteiger partial charge < -0.3 is 10.4 Å². The highest BCUT2D eigenvalue weighted by Gasteiger charge is 2.38. The van der Waals surface area contributed by atoms with E-state index in [0.29, 0.717) is 5.76 Å². The van der Waals surface area contributed by atoms with Gasteiger partial charge >= 0.3 is 0 Å². The highest BCUT2D eigenvalue weighted by atomic mass is 16.3. The molecule has 0 spiro atoms. The minimum Gasteiger partial charge on any atom is -0.512 e. The first kappa shape index (κ1) is 9.31. The number of allylic oxidation sites excluding steroid dienone is 2. The molecule has 1 heterocycles. The summed E-state index contributed by atoms with van der Waals surface area (Å²) in [5.74, 6) is 0.344. The maximum absolute atomic E-state index is 11.4. The van der Waals surface area contributed by atoms with E-state index in [-0.39, 0.29) is 17.2 Å². The van der Waals surface area contributed by atoms with E-state index in [9.17, 15) is 9.90 Å². The third kappa shape index (κ3) is 1.15. The van der Waals surface area contributed by atoms with Crippen molar-refractivity contribution >= 4 is 5.91 Å². The van der Waals surface area contributed by atoms with Gasteiger partial charge in [-0.3, -0.25) is 4.79 Å². The van der Waals surface area contributed by atoms with Gasteiger partial charge in [-0.05, 0) is 25.0 Å². The Morgan fingerprint density at radius 2 is 2.21 bits per heavy atom. The summed E-state index contributed by atoms with van der Waals surface area (Å²) in [6.45, 7) is 5.88. The molecule has 1 amide bonds. The topological polar surface area (TPSA) is 49.3 Å². The van der Waals surface area contributed by atoms with Crippen LogP contribution < -0.4 is 5.32 Å². The van der Waals surface area contributed by atoms with Gasteiger partial charge in [-0.15, -0.1) is 0 Å². The normalized spacial score (nSPS) is 29.8. The molecule has 0 saturated carbocycles. The van der Waals surface area contributed by atoms with E-state index in [1.165, 1.54) is 0 Å². The zero-order chi connectivity index (χ0) is 10.5. The molecule has 1 aliphatic heterocycles. The number of carbonyl (C=O) groups excluding carboxylic acids is 1. The van der Waals surface area contributed by atoms with E-state index in [1.807, 2.05) is 20.8 Å². The van der Waals surface area contributed by atoms with Crippen LogP contribution in [0.4, 0.5) is 0 Å². The first-order chi connectivity index (χ1) is 6.42. The van der Waals surface area contributed by atoms with Crippen LogP contribution in [0.5, 0.6) is 0 Å². The predicted octanol–water partition coefficient (Wildman–Crippen LogP) is 1.88. The Kier molecular flexibility index (Phi) is 1.74. The number of hydrogen-bond acceptors (Lipinski definition) is 2. The number of amides is 1. The van der Waals surface area contributed by atoms with Crippen LogP contribution in [-0.2, 0) is 4.79 Å². The molecular weight excluding hydrogens is 178 g/mol. The lowest BCUT2D eigenvalue weighted by atomic mass is 9.77. The number of nitrogens with one attached hydrogen (secondary N) is 1. The van der Waals surface area contributed by atoms with Crippen LogP contribution in [0, 0.1) is 11.3 Å². The van der Waals surface area contributed by atoms with Crippen LogP contribution in [0.15, 0.2) is 23.1 Å². The molecule has 0 aromatic carbocycles. The van der Waals surface area contributed by atoms with Crippen molar-refractivity contribution in [2.75, 3.05) is 0 Å². The van der Waals surface area contributed by atoms with Crippen molar-refractivity contribution < 1.29 is 9.90 Å². The molecule has 0 saturated heterocycles. The van der Waals surface area contributed by atoms with Gasteiger partial charge in [0.25, 0.3) is 0 Å². The monoisotopic (exact) mass is 193 g/mol. The molecule has 76 valence electrons. The molecule has 1 atom stereocenters. The lowest BCUT2D eigenvalue weighted by Crippen LogP contribution is -2.21. The Balaban J connectivity index is 2.41. The van der Waals surface area contributed by atoms with E-state index in [1.54, 1.807) is 6.08 Å². The molecule has 3 heteroatoms. The van der Waals surface area contributed by atoms with Crippen LogP contribution >= 0.6 is 0 Å². The van der Waals surface area contributed by atoms with Crippen LogP contribution in [0.3, 0.4) is 0 Å². The van der Waals surface area contributed by atoms with Crippen molar-refractivity contribution in [2.45, 2.75) is 27.2 Å². The molecule has 2 rings (SSSR count). The summed E-state index contributed by atoms with van der Waals surface area (Å²) in [7, 11) is 0. The minimum absolute atomic E-state index is 0.0387. The summed E-state index contributed by atoms with van der Waals surface area (Å²) in [4.78, 5) is 11.4. The molecule has 0 aromatic rings. The SMILES string of the molecule is CC1C(=O)NC2=C1CC(C)(C)C(O)=C2. The lowest BCUT2D eigenvalue weighted by Gasteiger charge is -2.29. The van der Waals surface area contributed by atoms with Crippen molar-refractivity contribution in [3.8, 4) is 0 Å². The molecule has 3 nitrogen and oxygen atoms in total. The molecule has 1 aliphatic carbocycles. The molecule has 0 bridgehead atoms. The largest absolute Gasteiger partial charge is 0.512 e. The van der Waals surface area contributed by atoms with Gasteiger partial charge in [0.1, 0.15) is 5.76 Å². The number of rotatable bonds is 0. The summed E-state index contributed by atoms with van der Waals surface area (Å²) in [6, 6.07) is 0. The highest BCUT2D eigenvalue weighted by Crippen LogP contribution is 2.42. The maximum Gasteiger partial charge on any atom is 0.231 e. The lowest BCUT2D eigenvalue weighted by molar-refractivity contribution is -0.121. The average Bonchev–Trinajstić information content (AvgIpc) is 2.32. The van der Waals surface area contributed by atoms with E-state index in [2.05, 4.69) is 5.32 Å². The molecule has 14 heavy (non-hydrogen) atoms. The quantitative estimate of drug-likeness (QED) is 0.617. The van der Waals surface area contributed by atoms with E-state index in [0.717, 1.165) is 17.7 Å². The third-order valence-electron chi connectivity index (χ3n) is 3.13. The van der Waals surface area contributed by atoms with Gasteiger partial charge in [-0.25, -0.2) is 0 Å². The molecule has 2 aliphatic rings. The van der Waals surface area contributed by atoms with Gasteiger partial charge in [0.05, 0.1) is 5.92 Å². The number of aliphatic hydroxyl groups excluding tert-OH is 1. The van der Waals surface area contributed by atoms with E-state index in [4.69, 9.17) is 0 Å². The fourth-order valence-electron chi connectivity index (χ4n) is 1.99. The highest BCUT2D eigenvalue weighted by molar-refractivity contribution is 5.87. The summed E-state index contributed by atoms with van der Waals surface area (Å²) in [5, 5.41) is 12.5. The second-order valence-corrected chi connectivity index (χ2v) is 4.74. The second-order valence-electron chi connectivity index (χ2n) is 4.74. The predicted molar refractivity (Wildman–Crippen MR) is 53.4 cm³/mol. The van der Waals surface area contributed by atoms with Crippen LogP contribution in [0.25, 0.3) is 0 Å². The standard InChI is InChI=1S/C11H15NO2/c1-6-7-5-11(2,3)9(13)4-8(7)12-10(6)14/h4,6,13H,5H2,1-3H3,(H,12,14). The molecular formula is C11H15NO2.